The van der Waals surface area contributed by atoms with Gasteiger partial charge < -0.3 is 9.40 Å². The molecule has 110 valence electrons. The third kappa shape index (κ3) is 1.87. The largest absolute Gasteiger partial charge is 0.464 e. The number of fused-ring (bicyclic) bond motifs is 2. The van der Waals surface area contributed by atoms with Crippen LogP contribution in [0.1, 0.15) is 0 Å². The van der Waals surface area contributed by atoms with Crippen LogP contribution in [0.3, 0.4) is 0 Å². The first-order chi connectivity index (χ1) is 11.4. The number of aromatic nitrogens is 4. The second-order valence-electron chi connectivity index (χ2n) is 5.41. The number of rotatable bonds is 2. The molecular formula is C18H12N4O. The Kier molecular flexibility index (Phi) is 2.43. The summed E-state index contributed by atoms with van der Waals surface area (Å²) in [7, 11) is 0. The lowest BCUT2D eigenvalue weighted by molar-refractivity contribution is 0.582. The normalized spacial score (nSPS) is 11.5. The van der Waals surface area contributed by atoms with Crippen LogP contribution in [-0.2, 0) is 0 Å². The van der Waals surface area contributed by atoms with Crippen molar-refractivity contribution >= 4 is 21.9 Å². The van der Waals surface area contributed by atoms with E-state index in [0.29, 0.717) is 0 Å². The number of imidazole rings is 1. The van der Waals surface area contributed by atoms with E-state index >= 15 is 0 Å². The first-order valence-corrected chi connectivity index (χ1v) is 7.35. The molecule has 0 bridgehead atoms. The zero-order chi connectivity index (χ0) is 15.2. The number of aromatic amines is 2. The number of hydrogen-bond donors (Lipinski definition) is 2. The van der Waals surface area contributed by atoms with Gasteiger partial charge in [-0.15, -0.1) is 0 Å². The van der Waals surface area contributed by atoms with Crippen molar-refractivity contribution in [3.8, 4) is 22.8 Å². The number of hydrogen-bond acceptors (Lipinski definition) is 3. The predicted molar refractivity (Wildman–Crippen MR) is 88.9 cm³/mol. The van der Waals surface area contributed by atoms with E-state index in [1.165, 1.54) is 0 Å². The van der Waals surface area contributed by atoms with E-state index in [1.54, 1.807) is 6.26 Å². The highest BCUT2D eigenvalue weighted by molar-refractivity contribution is 5.93. The number of H-pyrrole nitrogens is 2. The van der Waals surface area contributed by atoms with E-state index in [9.17, 15) is 0 Å². The molecule has 2 N–H and O–H groups in total. The van der Waals surface area contributed by atoms with Crippen LogP contribution in [0.2, 0.25) is 0 Å². The SMILES string of the molecule is c1coc(-c2ccc3nc(-c4n[nH]c5ccccc45)[nH]c3c2)c1. The van der Waals surface area contributed by atoms with Crippen molar-refractivity contribution in [2.24, 2.45) is 0 Å². The standard InChI is InChI=1S/C18H12N4O/c1-2-5-13-12(4-1)17(22-21-13)18-19-14-8-7-11(10-15(14)20-18)16-6-3-9-23-16/h1-10H,(H,19,20)(H,21,22). The molecule has 0 unspecified atom stereocenters. The second kappa shape index (κ2) is 4.58. The maximum atomic E-state index is 5.45. The van der Waals surface area contributed by atoms with Gasteiger partial charge in [-0.1, -0.05) is 18.2 Å². The van der Waals surface area contributed by atoms with Gasteiger partial charge in [-0.3, -0.25) is 5.10 Å². The molecule has 0 saturated heterocycles. The summed E-state index contributed by atoms with van der Waals surface area (Å²) in [4.78, 5) is 8.02. The van der Waals surface area contributed by atoms with Crippen LogP contribution in [0.25, 0.3) is 44.8 Å². The van der Waals surface area contributed by atoms with Crippen molar-refractivity contribution in [1.29, 1.82) is 0 Å². The third-order valence-electron chi connectivity index (χ3n) is 3.98. The van der Waals surface area contributed by atoms with E-state index in [0.717, 1.165) is 44.8 Å². The Balaban J connectivity index is 1.68. The Morgan fingerprint density at radius 1 is 0.913 bits per heavy atom. The highest BCUT2D eigenvalue weighted by Gasteiger charge is 2.12. The van der Waals surface area contributed by atoms with E-state index < -0.39 is 0 Å². The maximum absolute atomic E-state index is 5.45. The van der Waals surface area contributed by atoms with Crippen molar-refractivity contribution in [2.75, 3.05) is 0 Å². The van der Waals surface area contributed by atoms with Gasteiger partial charge in [0.2, 0.25) is 0 Å². The molecule has 3 aromatic heterocycles. The van der Waals surface area contributed by atoms with Gasteiger partial charge in [-0.25, -0.2) is 4.98 Å². The second-order valence-corrected chi connectivity index (χ2v) is 5.41. The highest BCUT2D eigenvalue weighted by atomic mass is 16.3. The molecule has 0 fully saturated rings. The van der Waals surface area contributed by atoms with E-state index in [-0.39, 0.29) is 0 Å². The Hall–Kier alpha value is -3.34. The van der Waals surface area contributed by atoms with Crippen LogP contribution < -0.4 is 0 Å². The van der Waals surface area contributed by atoms with E-state index in [2.05, 4.69) is 20.2 Å². The Labute approximate surface area is 131 Å². The zero-order valence-electron chi connectivity index (χ0n) is 12.1. The molecule has 0 aliphatic carbocycles. The predicted octanol–water partition coefficient (Wildman–Crippen LogP) is 4.37. The summed E-state index contributed by atoms with van der Waals surface area (Å²) in [6, 6.07) is 17.9. The molecule has 0 spiro atoms. The monoisotopic (exact) mass is 300 g/mol. The molecule has 0 aliphatic heterocycles. The molecule has 5 nitrogen and oxygen atoms in total. The number of para-hydroxylation sites is 1. The Morgan fingerprint density at radius 2 is 1.87 bits per heavy atom. The molecule has 0 saturated carbocycles. The first kappa shape index (κ1) is 12.2. The minimum Gasteiger partial charge on any atom is -0.464 e. The fraction of sp³-hybridized carbons (Fsp3) is 0. The number of nitrogens with one attached hydrogen (secondary N) is 2. The molecular weight excluding hydrogens is 288 g/mol. The minimum absolute atomic E-state index is 0.758. The highest BCUT2D eigenvalue weighted by Crippen LogP contribution is 2.28. The van der Waals surface area contributed by atoms with E-state index in [1.807, 2.05) is 54.6 Å². The van der Waals surface area contributed by atoms with Crippen LogP contribution in [0.4, 0.5) is 0 Å². The van der Waals surface area contributed by atoms with Crippen LogP contribution >= 0.6 is 0 Å². The third-order valence-corrected chi connectivity index (χ3v) is 3.98. The van der Waals surface area contributed by atoms with Crippen molar-refractivity contribution in [2.45, 2.75) is 0 Å². The molecule has 0 radical (unpaired) electrons. The summed E-state index contributed by atoms with van der Waals surface area (Å²) in [5.41, 5.74) is 4.71. The number of nitrogens with zero attached hydrogens (tertiary/aromatic N) is 2. The maximum Gasteiger partial charge on any atom is 0.159 e. The lowest BCUT2D eigenvalue weighted by Crippen LogP contribution is -1.80. The van der Waals surface area contributed by atoms with Crippen molar-refractivity contribution < 1.29 is 4.42 Å². The molecule has 0 atom stereocenters. The van der Waals surface area contributed by atoms with Gasteiger partial charge in [0.1, 0.15) is 11.5 Å². The lowest BCUT2D eigenvalue weighted by atomic mass is 10.1. The zero-order valence-corrected chi connectivity index (χ0v) is 12.1. The summed E-state index contributed by atoms with van der Waals surface area (Å²) < 4.78 is 5.45. The number of furan rings is 1. The summed E-state index contributed by atoms with van der Waals surface area (Å²) in [6.45, 7) is 0. The van der Waals surface area contributed by atoms with Gasteiger partial charge in [0.25, 0.3) is 0 Å². The van der Waals surface area contributed by atoms with Gasteiger partial charge >= 0.3 is 0 Å². The van der Waals surface area contributed by atoms with Gasteiger partial charge in [-0.05, 0) is 36.4 Å². The number of benzene rings is 2. The summed E-state index contributed by atoms with van der Waals surface area (Å²) in [6.07, 6.45) is 1.67. The Bertz CT molecular complexity index is 1120. The minimum atomic E-state index is 0.758. The van der Waals surface area contributed by atoms with Gasteiger partial charge in [0.05, 0.1) is 22.8 Å². The average molecular weight is 300 g/mol. The fourth-order valence-electron chi connectivity index (χ4n) is 2.86. The summed E-state index contributed by atoms with van der Waals surface area (Å²) in [5.74, 6) is 1.60. The molecule has 5 heteroatoms. The van der Waals surface area contributed by atoms with Crippen molar-refractivity contribution in [3.05, 3.63) is 60.9 Å². The lowest BCUT2D eigenvalue weighted by Gasteiger charge is -1.95. The van der Waals surface area contributed by atoms with Gasteiger partial charge in [0, 0.05) is 10.9 Å². The van der Waals surface area contributed by atoms with Gasteiger partial charge in [0.15, 0.2) is 5.82 Å². The molecule has 2 aromatic carbocycles. The smallest absolute Gasteiger partial charge is 0.159 e. The molecule has 23 heavy (non-hydrogen) atoms. The van der Waals surface area contributed by atoms with Crippen molar-refractivity contribution in [1.82, 2.24) is 20.2 Å². The molecule has 5 aromatic rings. The molecule has 5 rings (SSSR count). The van der Waals surface area contributed by atoms with Crippen LogP contribution in [0.5, 0.6) is 0 Å². The van der Waals surface area contributed by atoms with E-state index in [4.69, 9.17) is 4.42 Å². The van der Waals surface area contributed by atoms with Gasteiger partial charge in [-0.2, -0.15) is 5.10 Å². The topological polar surface area (TPSA) is 70.5 Å². The molecule has 3 heterocycles. The Morgan fingerprint density at radius 3 is 2.78 bits per heavy atom. The van der Waals surface area contributed by atoms with Crippen LogP contribution in [0.15, 0.2) is 65.3 Å². The summed E-state index contributed by atoms with van der Waals surface area (Å²) >= 11 is 0. The van der Waals surface area contributed by atoms with Crippen LogP contribution in [-0.4, -0.2) is 20.2 Å². The summed E-state index contributed by atoms with van der Waals surface area (Å²) in [5, 5.41) is 8.49. The average Bonchev–Trinajstić information content (AvgIpc) is 3.32. The molecule has 0 amide bonds. The fourth-order valence-corrected chi connectivity index (χ4v) is 2.86. The van der Waals surface area contributed by atoms with Crippen molar-refractivity contribution in [3.63, 3.8) is 0 Å². The molecule has 0 aliphatic rings. The van der Waals surface area contributed by atoms with Crippen LogP contribution in [0, 0.1) is 0 Å². The first-order valence-electron chi connectivity index (χ1n) is 7.35. The quantitative estimate of drug-likeness (QED) is 0.508.